The first-order valence-electron chi connectivity index (χ1n) is 9.83. The van der Waals surface area contributed by atoms with Gasteiger partial charge in [-0.05, 0) is 69.3 Å². The fourth-order valence-electron chi connectivity index (χ4n) is 3.63. The van der Waals surface area contributed by atoms with Crippen LogP contribution in [0.3, 0.4) is 0 Å². The lowest BCUT2D eigenvalue weighted by Gasteiger charge is -2.26. The topological polar surface area (TPSA) is 54.0 Å². The summed E-state index contributed by atoms with van der Waals surface area (Å²) in [5.41, 5.74) is 2.82. The van der Waals surface area contributed by atoms with Crippen molar-refractivity contribution in [3.63, 3.8) is 0 Å². The van der Waals surface area contributed by atoms with Crippen molar-refractivity contribution in [3.8, 4) is 28.3 Å². The van der Waals surface area contributed by atoms with E-state index in [1.165, 1.54) is 32.4 Å². The number of halogens is 1. The summed E-state index contributed by atoms with van der Waals surface area (Å²) in [4.78, 5) is 6.85. The van der Waals surface area contributed by atoms with Crippen LogP contribution in [-0.2, 0) is 0 Å². The molecule has 1 fully saturated rings. The van der Waals surface area contributed by atoms with Crippen molar-refractivity contribution in [2.75, 3.05) is 26.2 Å². The van der Waals surface area contributed by atoms with Crippen molar-refractivity contribution < 1.29 is 9.13 Å². The van der Waals surface area contributed by atoms with E-state index in [9.17, 15) is 0 Å². The molecule has 2 aromatic heterocycles. The Bertz CT molecular complexity index is 903. The molecule has 0 atom stereocenters. The highest BCUT2D eigenvalue weighted by atomic mass is 19.1. The largest absolute Gasteiger partial charge is 0.492 e. The summed E-state index contributed by atoms with van der Waals surface area (Å²) in [5.74, 6) is 0.429. The number of aryl methyl sites for hydroxylation is 1. The van der Waals surface area contributed by atoms with Crippen molar-refractivity contribution >= 4 is 0 Å². The summed E-state index contributed by atoms with van der Waals surface area (Å²) in [6, 6.07) is 10.9. The van der Waals surface area contributed by atoms with Crippen LogP contribution in [0.25, 0.3) is 22.5 Å². The summed E-state index contributed by atoms with van der Waals surface area (Å²) in [7, 11) is 0. The van der Waals surface area contributed by atoms with Gasteiger partial charge in [0, 0.05) is 29.6 Å². The van der Waals surface area contributed by atoms with Crippen LogP contribution >= 0.6 is 0 Å². The number of aromatic nitrogens is 3. The van der Waals surface area contributed by atoms with Gasteiger partial charge in [0.05, 0.1) is 5.69 Å². The molecule has 0 amide bonds. The fourth-order valence-corrected chi connectivity index (χ4v) is 3.63. The van der Waals surface area contributed by atoms with Crippen molar-refractivity contribution in [3.05, 3.63) is 54.1 Å². The number of likely N-dealkylation sites (tertiary alicyclic amines) is 1. The molecule has 1 aliphatic heterocycles. The Balaban J connectivity index is 1.46. The van der Waals surface area contributed by atoms with Crippen LogP contribution in [0.5, 0.6) is 5.75 Å². The number of rotatable bonds is 6. The molecule has 1 N–H and O–H groups in total. The molecule has 0 saturated carbocycles. The Morgan fingerprint density at radius 3 is 2.61 bits per heavy atom. The van der Waals surface area contributed by atoms with Gasteiger partial charge in [-0.3, -0.25) is 10.00 Å². The van der Waals surface area contributed by atoms with E-state index < -0.39 is 0 Å². The molecule has 6 heteroatoms. The van der Waals surface area contributed by atoms with Gasteiger partial charge in [0.25, 0.3) is 0 Å². The van der Waals surface area contributed by atoms with Gasteiger partial charge in [-0.2, -0.15) is 5.10 Å². The molecular weight excluding hydrogens is 355 g/mol. The number of hydrogen-bond acceptors (Lipinski definition) is 4. The van der Waals surface area contributed by atoms with Crippen molar-refractivity contribution in [2.24, 2.45) is 0 Å². The van der Waals surface area contributed by atoms with E-state index in [1.54, 1.807) is 18.3 Å². The third-order valence-electron chi connectivity index (χ3n) is 5.12. The van der Waals surface area contributed by atoms with E-state index in [2.05, 4.69) is 20.1 Å². The zero-order valence-corrected chi connectivity index (χ0v) is 16.1. The summed E-state index contributed by atoms with van der Waals surface area (Å²) in [5, 5.41) is 6.82. The Morgan fingerprint density at radius 2 is 1.89 bits per heavy atom. The van der Waals surface area contributed by atoms with Crippen LogP contribution in [0.2, 0.25) is 0 Å². The zero-order valence-electron chi connectivity index (χ0n) is 16.1. The van der Waals surface area contributed by atoms with Gasteiger partial charge in [0.15, 0.2) is 5.82 Å². The average molecular weight is 380 g/mol. The highest BCUT2D eigenvalue weighted by Gasteiger charge is 2.16. The van der Waals surface area contributed by atoms with Gasteiger partial charge in [0.1, 0.15) is 18.1 Å². The minimum Gasteiger partial charge on any atom is -0.492 e. The fraction of sp³-hybridized carbons (Fsp3) is 0.364. The quantitative estimate of drug-likeness (QED) is 0.686. The van der Waals surface area contributed by atoms with Crippen LogP contribution in [0.15, 0.2) is 42.6 Å². The predicted octanol–water partition coefficient (Wildman–Crippen LogP) is 4.45. The molecule has 1 saturated heterocycles. The van der Waals surface area contributed by atoms with E-state index >= 15 is 4.39 Å². The number of ether oxygens (including phenoxy) is 1. The Hall–Kier alpha value is -2.73. The van der Waals surface area contributed by atoms with Gasteiger partial charge >= 0.3 is 0 Å². The predicted molar refractivity (Wildman–Crippen MR) is 108 cm³/mol. The number of pyridine rings is 1. The number of aromatic amines is 1. The second-order valence-corrected chi connectivity index (χ2v) is 7.21. The van der Waals surface area contributed by atoms with Crippen LogP contribution < -0.4 is 4.74 Å². The van der Waals surface area contributed by atoms with Crippen LogP contribution in [0, 0.1) is 12.7 Å². The standard InChI is InChI=1S/C22H25FN4O/c1-16-15-19(20-9-10-24-26-20)21(23)22(25-16)17-5-7-18(8-6-17)28-14-13-27-11-3-2-4-12-27/h5-10,15H,2-4,11-14H2,1H3,(H,24,26). The monoisotopic (exact) mass is 380 g/mol. The summed E-state index contributed by atoms with van der Waals surface area (Å²) in [6.07, 6.45) is 5.58. The van der Waals surface area contributed by atoms with Gasteiger partial charge in [-0.15, -0.1) is 0 Å². The number of piperidine rings is 1. The number of hydrogen-bond donors (Lipinski definition) is 1. The lowest BCUT2D eigenvalue weighted by molar-refractivity contribution is 0.183. The maximum absolute atomic E-state index is 15.1. The summed E-state index contributed by atoms with van der Waals surface area (Å²) >= 11 is 0. The van der Waals surface area contributed by atoms with E-state index in [4.69, 9.17) is 4.74 Å². The Morgan fingerprint density at radius 1 is 1.11 bits per heavy atom. The first-order chi connectivity index (χ1) is 13.7. The summed E-state index contributed by atoms with van der Waals surface area (Å²) in [6.45, 7) is 5.80. The number of nitrogens with one attached hydrogen (secondary N) is 1. The molecule has 146 valence electrons. The normalized spacial score (nSPS) is 14.9. The SMILES string of the molecule is Cc1cc(-c2cc[nH]n2)c(F)c(-c2ccc(OCCN3CCCCC3)cc2)n1. The van der Waals surface area contributed by atoms with E-state index in [0.717, 1.165) is 23.6 Å². The van der Waals surface area contributed by atoms with Gasteiger partial charge in [-0.1, -0.05) is 6.42 Å². The maximum Gasteiger partial charge on any atom is 0.158 e. The van der Waals surface area contributed by atoms with Gasteiger partial charge in [-0.25, -0.2) is 9.37 Å². The second-order valence-electron chi connectivity index (χ2n) is 7.21. The molecule has 3 aromatic rings. The van der Waals surface area contributed by atoms with Crippen molar-refractivity contribution in [1.29, 1.82) is 0 Å². The molecule has 4 rings (SSSR count). The first-order valence-corrected chi connectivity index (χ1v) is 9.83. The maximum atomic E-state index is 15.1. The summed E-state index contributed by atoms with van der Waals surface area (Å²) < 4.78 is 20.9. The van der Waals surface area contributed by atoms with Crippen LogP contribution in [0.4, 0.5) is 4.39 Å². The average Bonchev–Trinajstić information content (AvgIpc) is 3.26. The van der Waals surface area contributed by atoms with Crippen molar-refractivity contribution in [2.45, 2.75) is 26.2 Å². The highest BCUT2D eigenvalue weighted by Crippen LogP contribution is 2.30. The van der Waals surface area contributed by atoms with Gasteiger partial charge in [0.2, 0.25) is 0 Å². The molecule has 0 spiro atoms. The Labute approximate surface area is 164 Å². The van der Waals surface area contributed by atoms with Crippen LogP contribution in [-0.4, -0.2) is 46.3 Å². The minimum absolute atomic E-state index is 0.331. The zero-order chi connectivity index (χ0) is 19.3. The lowest BCUT2D eigenvalue weighted by atomic mass is 10.0. The number of benzene rings is 1. The number of nitrogens with zero attached hydrogens (tertiary/aromatic N) is 3. The van der Waals surface area contributed by atoms with Crippen molar-refractivity contribution in [1.82, 2.24) is 20.1 Å². The molecule has 0 aliphatic carbocycles. The molecular formula is C22H25FN4O. The minimum atomic E-state index is -0.364. The smallest absolute Gasteiger partial charge is 0.158 e. The van der Waals surface area contributed by atoms with Gasteiger partial charge < -0.3 is 4.74 Å². The molecule has 1 aliphatic rings. The third kappa shape index (κ3) is 4.22. The molecule has 28 heavy (non-hydrogen) atoms. The molecule has 0 unspecified atom stereocenters. The highest BCUT2D eigenvalue weighted by molar-refractivity contribution is 5.70. The third-order valence-corrected chi connectivity index (χ3v) is 5.12. The second kappa shape index (κ2) is 8.52. The Kier molecular flexibility index (Phi) is 5.67. The number of H-pyrrole nitrogens is 1. The lowest BCUT2D eigenvalue weighted by Crippen LogP contribution is -2.33. The van der Waals surface area contributed by atoms with E-state index in [-0.39, 0.29) is 5.82 Å². The van der Waals surface area contributed by atoms with Crippen LogP contribution in [0.1, 0.15) is 25.0 Å². The first kappa shape index (κ1) is 18.6. The molecule has 0 radical (unpaired) electrons. The van der Waals surface area contributed by atoms with E-state index in [0.29, 0.717) is 23.6 Å². The molecule has 0 bridgehead atoms. The molecule has 1 aromatic carbocycles. The molecule has 3 heterocycles. The van der Waals surface area contributed by atoms with E-state index in [1.807, 2.05) is 31.2 Å². The molecule has 5 nitrogen and oxygen atoms in total.